The van der Waals surface area contributed by atoms with Crippen molar-refractivity contribution >= 4 is 35.1 Å². The fourth-order valence-corrected chi connectivity index (χ4v) is 5.14. The molecule has 0 saturated heterocycles. The molecule has 1 atom stereocenters. The van der Waals surface area contributed by atoms with Crippen molar-refractivity contribution in [1.29, 1.82) is 0 Å². The molecule has 0 radical (unpaired) electrons. The number of ether oxygens (including phenoxy) is 2. The molecule has 0 bridgehead atoms. The Morgan fingerprint density at radius 2 is 1.85 bits per heavy atom. The molecule has 1 aliphatic heterocycles. The zero-order chi connectivity index (χ0) is 23.0. The molecule has 0 aliphatic carbocycles. The molecule has 4 rings (SSSR count). The van der Waals surface area contributed by atoms with Gasteiger partial charge < -0.3 is 20.1 Å². The van der Waals surface area contributed by atoms with E-state index in [0.717, 1.165) is 29.2 Å². The number of methoxy groups -OCH3 is 1. The molecule has 0 spiro atoms. The number of carbonyl (C=O) groups excluding carboxylic acids is 1. The molecule has 33 heavy (non-hydrogen) atoms. The summed E-state index contributed by atoms with van der Waals surface area (Å²) in [6.45, 7) is 1.91. The van der Waals surface area contributed by atoms with Crippen molar-refractivity contribution in [2.75, 3.05) is 19.4 Å². The normalized spacial score (nSPS) is 14.2. The number of fused-ring (bicyclic) bond motifs is 2. The minimum absolute atomic E-state index is 0.0379. The van der Waals surface area contributed by atoms with Gasteiger partial charge in [-0.3, -0.25) is 0 Å². The van der Waals surface area contributed by atoms with E-state index in [2.05, 4.69) is 34.9 Å². The smallest absolute Gasteiger partial charge is 0.337 e. The number of carbonyl (C=O) groups is 1. The molecule has 0 saturated carbocycles. The molecule has 3 aromatic rings. The lowest BCUT2D eigenvalue weighted by Crippen LogP contribution is -2.36. The van der Waals surface area contributed by atoms with Gasteiger partial charge in [0.15, 0.2) is 5.11 Å². The van der Waals surface area contributed by atoms with Crippen LogP contribution in [0, 0.1) is 0 Å². The van der Waals surface area contributed by atoms with Gasteiger partial charge in [0.05, 0.1) is 17.9 Å². The maximum absolute atomic E-state index is 12.1. The molecular weight excluding hydrogens is 452 g/mol. The van der Waals surface area contributed by atoms with Crippen LogP contribution in [0.25, 0.3) is 0 Å². The maximum Gasteiger partial charge on any atom is 0.337 e. The summed E-state index contributed by atoms with van der Waals surface area (Å²) in [5, 5.41) is 7.21. The highest BCUT2D eigenvalue weighted by Gasteiger charge is 2.26. The zero-order valence-corrected chi connectivity index (χ0v) is 20.0. The van der Waals surface area contributed by atoms with Crippen LogP contribution in [-0.2, 0) is 17.9 Å². The summed E-state index contributed by atoms with van der Waals surface area (Å²) in [5.41, 5.74) is 5.04. The summed E-state index contributed by atoms with van der Waals surface area (Å²) in [5.74, 6) is 1.27. The van der Waals surface area contributed by atoms with Gasteiger partial charge in [0.25, 0.3) is 0 Å². The second-order valence-electron chi connectivity index (χ2n) is 7.58. The second kappa shape index (κ2) is 11.2. The minimum Gasteiger partial charge on any atom is -0.489 e. The highest BCUT2D eigenvalue weighted by molar-refractivity contribution is 7.99. The van der Waals surface area contributed by atoms with E-state index in [-0.39, 0.29) is 11.2 Å². The number of esters is 1. The first-order valence-electron chi connectivity index (χ1n) is 10.8. The fraction of sp³-hybridized carbons (Fsp3) is 0.231. The number of hydrogen-bond donors (Lipinski definition) is 2. The third-order valence-corrected chi connectivity index (χ3v) is 6.97. The van der Waals surface area contributed by atoms with Gasteiger partial charge in [-0.2, -0.15) is 0 Å². The summed E-state index contributed by atoms with van der Waals surface area (Å²) in [6, 6.07) is 24.0. The predicted molar refractivity (Wildman–Crippen MR) is 137 cm³/mol. The molecule has 0 amide bonds. The van der Waals surface area contributed by atoms with E-state index in [1.165, 1.54) is 18.2 Å². The Hall–Kier alpha value is -3.03. The largest absolute Gasteiger partial charge is 0.489 e. The first-order valence-corrected chi connectivity index (χ1v) is 12.2. The lowest BCUT2D eigenvalue weighted by Gasteiger charge is -2.20. The highest BCUT2D eigenvalue weighted by atomic mass is 32.2. The number of rotatable bonds is 7. The van der Waals surface area contributed by atoms with Crippen LogP contribution in [0.3, 0.4) is 0 Å². The number of nitrogens with one attached hydrogen (secondary N) is 2. The van der Waals surface area contributed by atoms with Gasteiger partial charge in [-0.05, 0) is 47.1 Å². The van der Waals surface area contributed by atoms with E-state index >= 15 is 0 Å². The Kier molecular flexibility index (Phi) is 7.86. The van der Waals surface area contributed by atoms with Crippen LogP contribution in [0.4, 0.5) is 0 Å². The lowest BCUT2D eigenvalue weighted by molar-refractivity contribution is 0.0600. The van der Waals surface area contributed by atoms with E-state index < -0.39 is 0 Å². The van der Waals surface area contributed by atoms with Gasteiger partial charge in [0.1, 0.15) is 12.4 Å². The molecule has 2 N–H and O–H groups in total. The van der Waals surface area contributed by atoms with Crippen LogP contribution in [0.5, 0.6) is 5.75 Å². The van der Waals surface area contributed by atoms with Gasteiger partial charge in [0.2, 0.25) is 0 Å². The van der Waals surface area contributed by atoms with Crippen molar-refractivity contribution in [3.05, 3.63) is 101 Å². The van der Waals surface area contributed by atoms with Crippen molar-refractivity contribution in [2.45, 2.75) is 18.4 Å². The van der Waals surface area contributed by atoms with Crippen molar-refractivity contribution in [3.8, 4) is 5.75 Å². The van der Waals surface area contributed by atoms with Gasteiger partial charge >= 0.3 is 5.97 Å². The Balaban J connectivity index is 1.43. The van der Waals surface area contributed by atoms with E-state index in [4.69, 9.17) is 21.7 Å². The Bertz CT molecular complexity index is 1120. The number of thioether (sulfide) groups is 1. The molecule has 0 aromatic heterocycles. The monoisotopic (exact) mass is 478 g/mol. The summed E-state index contributed by atoms with van der Waals surface area (Å²) >= 11 is 7.23. The molecule has 1 aliphatic rings. The molecule has 1 unspecified atom stereocenters. The third kappa shape index (κ3) is 5.86. The van der Waals surface area contributed by atoms with E-state index in [1.54, 1.807) is 17.8 Å². The minimum atomic E-state index is -0.351. The van der Waals surface area contributed by atoms with Crippen molar-refractivity contribution in [2.24, 2.45) is 0 Å². The van der Waals surface area contributed by atoms with Gasteiger partial charge in [0, 0.05) is 24.4 Å². The molecule has 3 aromatic carbocycles. The average molecular weight is 479 g/mol. The molecule has 1 heterocycles. The summed E-state index contributed by atoms with van der Waals surface area (Å²) in [6.07, 6.45) is 0. The molecule has 170 valence electrons. The number of benzene rings is 3. The third-order valence-electron chi connectivity index (χ3n) is 5.40. The Morgan fingerprint density at radius 3 is 2.67 bits per heavy atom. The molecule has 7 heteroatoms. The summed E-state index contributed by atoms with van der Waals surface area (Å²) < 4.78 is 11.0. The highest BCUT2D eigenvalue weighted by Crippen LogP contribution is 2.44. The Morgan fingerprint density at radius 1 is 1.06 bits per heavy atom. The van der Waals surface area contributed by atoms with E-state index in [0.29, 0.717) is 23.8 Å². The first-order chi connectivity index (χ1) is 16.2. The van der Waals surface area contributed by atoms with Crippen molar-refractivity contribution < 1.29 is 14.3 Å². The fourth-order valence-electron chi connectivity index (χ4n) is 3.74. The van der Waals surface area contributed by atoms with Crippen LogP contribution in [0.15, 0.2) is 72.8 Å². The topological polar surface area (TPSA) is 59.6 Å². The summed E-state index contributed by atoms with van der Waals surface area (Å²) in [7, 11) is 1.40. The van der Waals surface area contributed by atoms with Gasteiger partial charge in [-0.1, -0.05) is 54.6 Å². The van der Waals surface area contributed by atoms with Crippen LogP contribution >= 0.6 is 24.0 Å². The standard InChI is InChI=1S/C26H26N2O3S2/c1-30-25(29)19-11-12-23-22(15-19)24(21-10-6-5-9-20(21)17-31-23)33-14-13-27-26(32)28-16-18-7-3-2-4-8-18/h2-12,15,24H,13-14,16-17H2,1H3,(H2,27,28,32). The lowest BCUT2D eigenvalue weighted by atomic mass is 9.98. The van der Waals surface area contributed by atoms with Crippen LogP contribution in [-0.4, -0.2) is 30.5 Å². The van der Waals surface area contributed by atoms with Crippen molar-refractivity contribution in [3.63, 3.8) is 0 Å². The second-order valence-corrected chi connectivity index (χ2v) is 9.20. The predicted octanol–water partition coefficient (Wildman–Crippen LogP) is 4.85. The first kappa shape index (κ1) is 23.1. The SMILES string of the molecule is COC(=O)c1ccc2c(c1)C(SCCNC(=S)NCc1ccccc1)c1ccccc1CO2. The van der Waals surface area contributed by atoms with Crippen molar-refractivity contribution in [1.82, 2.24) is 10.6 Å². The van der Waals surface area contributed by atoms with E-state index in [9.17, 15) is 4.79 Å². The molecule has 0 fully saturated rings. The van der Waals surface area contributed by atoms with Gasteiger partial charge in [-0.25, -0.2) is 4.79 Å². The van der Waals surface area contributed by atoms with Gasteiger partial charge in [-0.15, -0.1) is 11.8 Å². The van der Waals surface area contributed by atoms with Crippen LogP contribution in [0.2, 0.25) is 0 Å². The maximum atomic E-state index is 12.1. The number of thiocarbonyl (C=S) groups is 1. The Labute approximate surface area is 203 Å². The molecule has 5 nitrogen and oxygen atoms in total. The van der Waals surface area contributed by atoms with E-state index in [1.807, 2.05) is 42.5 Å². The zero-order valence-electron chi connectivity index (χ0n) is 18.4. The number of hydrogen-bond acceptors (Lipinski definition) is 5. The van der Waals surface area contributed by atoms with Crippen LogP contribution < -0.4 is 15.4 Å². The summed E-state index contributed by atoms with van der Waals surface area (Å²) in [4.78, 5) is 12.1. The quantitative estimate of drug-likeness (QED) is 0.286. The average Bonchev–Trinajstić information content (AvgIpc) is 3.02. The molecular formula is C26H26N2O3S2. The van der Waals surface area contributed by atoms with Crippen LogP contribution in [0.1, 0.15) is 37.9 Å².